The third kappa shape index (κ3) is 3.11. The highest BCUT2D eigenvalue weighted by Crippen LogP contribution is 2.36. The number of aryl methyl sites for hydroxylation is 2. The Morgan fingerprint density at radius 2 is 1.52 bits per heavy atom. The van der Waals surface area contributed by atoms with Crippen LogP contribution in [0.15, 0.2) is 44.7 Å². The summed E-state index contributed by atoms with van der Waals surface area (Å²) in [7, 11) is 5.89. The highest BCUT2D eigenvalue weighted by atomic mass is 16.3. The van der Waals surface area contributed by atoms with Crippen molar-refractivity contribution in [1.82, 2.24) is 0 Å². The molecule has 2 heterocycles. The SMILES string of the molecule is [B]/C(C)=C/c1c(C)oc2cc3oc(C)c(/C=C(\C=C)C(C)C)c3cc12. The van der Waals surface area contributed by atoms with E-state index in [-0.39, 0.29) is 0 Å². The quantitative estimate of drug-likeness (QED) is 0.400. The van der Waals surface area contributed by atoms with Crippen LogP contribution >= 0.6 is 0 Å². The second kappa shape index (κ2) is 6.47. The molecule has 0 saturated heterocycles. The van der Waals surface area contributed by atoms with Crippen LogP contribution in [0.3, 0.4) is 0 Å². The summed E-state index contributed by atoms with van der Waals surface area (Å²) in [6.07, 6.45) is 6.04. The molecule has 0 bridgehead atoms. The van der Waals surface area contributed by atoms with Crippen LogP contribution in [0.5, 0.6) is 0 Å². The molecule has 0 spiro atoms. The van der Waals surface area contributed by atoms with Crippen LogP contribution in [0.4, 0.5) is 0 Å². The van der Waals surface area contributed by atoms with Gasteiger partial charge in [-0.25, -0.2) is 0 Å². The minimum Gasteiger partial charge on any atom is -0.461 e. The van der Waals surface area contributed by atoms with E-state index < -0.39 is 0 Å². The predicted octanol–water partition coefficient (Wildman–Crippen LogP) is 6.55. The maximum atomic E-state index is 5.98. The molecule has 3 heteroatoms. The van der Waals surface area contributed by atoms with E-state index in [0.717, 1.165) is 50.1 Å². The zero-order valence-corrected chi connectivity index (χ0v) is 15.6. The van der Waals surface area contributed by atoms with Crippen molar-refractivity contribution in [2.75, 3.05) is 0 Å². The lowest BCUT2D eigenvalue weighted by Crippen LogP contribution is -1.90. The first kappa shape index (κ1) is 17.4. The van der Waals surface area contributed by atoms with Gasteiger partial charge in [0.2, 0.25) is 0 Å². The molecular formula is C22H23BO2. The molecule has 0 amide bonds. The maximum absolute atomic E-state index is 5.98. The van der Waals surface area contributed by atoms with Gasteiger partial charge in [0.25, 0.3) is 0 Å². The van der Waals surface area contributed by atoms with E-state index in [1.807, 2.05) is 39.0 Å². The second-order valence-electron chi connectivity index (χ2n) is 6.88. The third-order valence-electron chi connectivity index (χ3n) is 4.53. The fraction of sp³-hybridized carbons (Fsp3) is 0.273. The van der Waals surface area contributed by atoms with Gasteiger partial charge in [0.15, 0.2) is 0 Å². The summed E-state index contributed by atoms with van der Waals surface area (Å²) in [5, 5.41) is 2.13. The van der Waals surface area contributed by atoms with Crippen molar-refractivity contribution in [2.45, 2.75) is 34.6 Å². The van der Waals surface area contributed by atoms with Crippen molar-refractivity contribution in [3.05, 3.63) is 58.5 Å². The Bertz CT molecular complexity index is 1020. The maximum Gasteiger partial charge on any atom is 0.138 e. The molecule has 0 saturated carbocycles. The average molecular weight is 330 g/mol. The molecule has 0 aliphatic heterocycles. The molecule has 0 N–H and O–H groups in total. The lowest BCUT2D eigenvalue weighted by atomic mass is 9.94. The van der Waals surface area contributed by atoms with Gasteiger partial charge in [0, 0.05) is 28.0 Å². The summed E-state index contributed by atoms with van der Waals surface area (Å²) in [5.74, 6) is 2.15. The minimum atomic E-state index is 0.403. The number of allylic oxidation sites excluding steroid dienone is 3. The van der Waals surface area contributed by atoms with Gasteiger partial charge < -0.3 is 8.83 Å². The highest BCUT2D eigenvalue weighted by molar-refractivity contribution is 6.24. The van der Waals surface area contributed by atoms with E-state index in [9.17, 15) is 0 Å². The summed E-state index contributed by atoms with van der Waals surface area (Å²) in [5.41, 5.74) is 5.71. The van der Waals surface area contributed by atoms with Crippen LogP contribution in [0.1, 0.15) is 43.4 Å². The molecular weight excluding hydrogens is 307 g/mol. The molecule has 0 aliphatic rings. The van der Waals surface area contributed by atoms with Crippen LogP contribution in [0, 0.1) is 19.8 Å². The van der Waals surface area contributed by atoms with Gasteiger partial charge in [-0.15, -0.1) is 5.47 Å². The lowest BCUT2D eigenvalue weighted by molar-refractivity contribution is 0.567. The fourth-order valence-corrected chi connectivity index (χ4v) is 3.18. The molecule has 1 aromatic carbocycles. The van der Waals surface area contributed by atoms with Crippen LogP contribution in [0.25, 0.3) is 34.1 Å². The normalized spacial score (nSPS) is 13.4. The first-order valence-electron chi connectivity index (χ1n) is 8.55. The minimum absolute atomic E-state index is 0.403. The first-order valence-corrected chi connectivity index (χ1v) is 8.55. The van der Waals surface area contributed by atoms with Crippen molar-refractivity contribution in [2.24, 2.45) is 5.92 Å². The van der Waals surface area contributed by atoms with E-state index in [1.165, 1.54) is 5.57 Å². The number of hydrogen-bond donors (Lipinski definition) is 0. The Labute approximate surface area is 150 Å². The molecule has 3 rings (SSSR count). The molecule has 0 unspecified atom stereocenters. The monoisotopic (exact) mass is 330 g/mol. The van der Waals surface area contributed by atoms with Gasteiger partial charge in [0.1, 0.15) is 30.5 Å². The largest absolute Gasteiger partial charge is 0.461 e. The molecule has 0 atom stereocenters. The summed E-state index contributed by atoms with van der Waals surface area (Å²) in [6.45, 7) is 14.1. The van der Waals surface area contributed by atoms with Crippen molar-refractivity contribution >= 4 is 41.9 Å². The molecule has 2 radical (unpaired) electrons. The summed E-state index contributed by atoms with van der Waals surface area (Å²) < 4.78 is 11.9. The molecule has 2 nitrogen and oxygen atoms in total. The van der Waals surface area contributed by atoms with E-state index >= 15 is 0 Å². The number of hydrogen-bond acceptors (Lipinski definition) is 2. The van der Waals surface area contributed by atoms with Crippen molar-refractivity contribution in [1.29, 1.82) is 0 Å². The average Bonchev–Trinajstić information content (AvgIpc) is 2.98. The molecule has 0 fully saturated rings. The summed E-state index contributed by atoms with van der Waals surface area (Å²) in [6, 6.07) is 4.10. The first-order chi connectivity index (χ1) is 11.8. The van der Waals surface area contributed by atoms with Crippen LogP contribution in [0.2, 0.25) is 0 Å². The van der Waals surface area contributed by atoms with Gasteiger partial charge in [-0.1, -0.05) is 39.5 Å². The molecule has 3 aromatic rings. The van der Waals surface area contributed by atoms with Gasteiger partial charge in [-0.2, -0.15) is 0 Å². The van der Waals surface area contributed by atoms with Crippen molar-refractivity contribution in [3.63, 3.8) is 0 Å². The fourth-order valence-electron chi connectivity index (χ4n) is 3.18. The van der Waals surface area contributed by atoms with E-state index in [0.29, 0.717) is 5.92 Å². The Morgan fingerprint density at radius 1 is 1.00 bits per heavy atom. The molecule has 2 aromatic heterocycles. The Kier molecular flexibility index (Phi) is 4.51. The van der Waals surface area contributed by atoms with Gasteiger partial charge in [0.05, 0.1) is 0 Å². The Hall–Kier alpha value is -2.42. The summed E-state index contributed by atoms with van der Waals surface area (Å²) in [4.78, 5) is 0. The molecule has 25 heavy (non-hydrogen) atoms. The third-order valence-corrected chi connectivity index (χ3v) is 4.53. The lowest BCUT2D eigenvalue weighted by Gasteiger charge is -2.05. The van der Waals surface area contributed by atoms with E-state index in [4.69, 9.17) is 16.7 Å². The van der Waals surface area contributed by atoms with Crippen molar-refractivity contribution in [3.8, 4) is 0 Å². The number of fused-ring (bicyclic) bond motifs is 2. The highest BCUT2D eigenvalue weighted by Gasteiger charge is 2.16. The zero-order valence-electron chi connectivity index (χ0n) is 15.6. The van der Waals surface area contributed by atoms with Gasteiger partial charge in [-0.05, 0) is 37.5 Å². The number of rotatable bonds is 4. The van der Waals surface area contributed by atoms with Crippen molar-refractivity contribution < 1.29 is 8.83 Å². The number of furan rings is 2. The standard InChI is InChI=1S/C22H23BO2/c1-7-16(12(2)3)9-18-15(6)25-22-11-21-19(10-20(18)22)17(8-13(4)23)14(5)24-21/h7-12H,1H2,2-6H3/b13-8+,16-9+. The van der Waals surface area contributed by atoms with E-state index in [1.54, 1.807) is 0 Å². The predicted molar refractivity (Wildman–Crippen MR) is 108 cm³/mol. The van der Waals surface area contributed by atoms with Gasteiger partial charge >= 0.3 is 0 Å². The summed E-state index contributed by atoms with van der Waals surface area (Å²) >= 11 is 0. The van der Waals surface area contributed by atoms with Crippen LogP contribution in [-0.2, 0) is 0 Å². The molecule has 126 valence electrons. The Morgan fingerprint density at radius 3 is 1.96 bits per heavy atom. The topological polar surface area (TPSA) is 26.3 Å². The van der Waals surface area contributed by atoms with Crippen LogP contribution in [-0.4, -0.2) is 7.85 Å². The van der Waals surface area contributed by atoms with Gasteiger partial charge in [-0.3, -0.25) is 0 Å². The van der Waals surface area contributed by atoms with E-state index in [2.05, 4.69) is 32.6 Å². The smallest absolute Gasteiger partial charge is 0.138 e. The zero-order chi connectivity index (χ0) is 18.3. The number of benzene rings is 1. The second-order valence-corrected chi connectivity index (χ2v) is 6.88. The Balaban J connectivity index is 2.33. The van der Waals surface area contributed by atoms with Crippen LogP contribution < -0.4 is 0 Å². The molecule has 0 aliphatic carbocycles.